The van der Waals surface area contributed by atoms with Crippen molar-refractivity contribution in [3.05, 3.63) is 94.6 Å². The molecule has 1 atom stereocenters. The first-order chi connectivity index (χ1) is 17.9. The average molecular weight is 511 g/mol. The molecule has 0 amide bonds. The Kier molecular flexibility index (Phi) is 7.15. The van der Waals surface area contributed by atoms with Crippen LogP contribution >= 0.6 is 0 Å². The number of hydrogen-bond acceptors (Lipinski definition) is 3. The third-order valence-corrected chi connectivity index (χ3v) is 7.16. The molecule has 1 heterocycles. The molecule has 3 nitrogen and oxygen atoms in total. The molecule has 1 aliphatic heterocycles. The number of ether oxygens (including phenoxy) is 2. The standard InChI is InChI=1S/C30H26F4O3/c1-2-3-17-4-6-18(7-5-17)21-12-13-22(27(32)26(21)31)19-8-10-20(11-9-19)30(35)37-24-15-14-23(25-16-36-25)28(33)29(24)34/h2-7,12-15,19-20,25H,8-11,16H2,1H3/b3-2+. The van der Waals surface area contributed by atoms with E-state index in [9.17, 15) is 13.6 Å². The van der Waals surface area contributed by atoms with Gasteiger partial charge in [0.15, 0.2) is 23.2 Å². The number of esters is 1. The molecule has 7 heteroatoms. The molecule has 5 rings (SSSR count). The number of carbonyl (C=O) groups is 1. The Labute approximate surface area is 212 Å². The molecular formula is C30H26F4O3. The van der Waals surface area contributed by atoms with Crippen molar-refractivity contribution >= 4 is 12.0 Å². The topological polar surface area (TPSA) is 38.8 Å². The third-order valence-electron chi connectivity index (χ3n) is 7.16. The molecular weight excluding hydrogens is 484 g/mol. The molecule has 0 spiro atoms. The summed E-state index contributed by atoms with van der Waals surface area (Å²) in [5.41, 5.74) is 2.13. The highest BCUT2D eigenvalue weighted by atomic mass is 19.2. The highest BCUT2D eigenvalue weighted by molar-refractivity contribution is 5.75. The molecule has 1 aliphatic carbocycles. The molecule has 0 radical (unpaired) electrons. The van der Waals surface area contributed by atoms with Gasteiger partial charge < -0.3 is 9.47 Å². The fourth-order valence-electron chi connectivity index (χ4n) is 5.00. The molecule has 0 bridgehead atoms. The van der Waals surface area contributed by atoms with Crippen LogP contribution in [0, 0.1) is 29.2 Å². The molecule has 3 aromatic carbocycles. The van der Waals surface area contributed by atoms with Gasteiger partial charge in [0.1, 0.15) is 6.10 Å². The van der Waals surface area contributed by atoms with Gasteiger partial charge in [-0.05, 0) is 67.3 Å². The van der Waals surface area contributed by atoms with Gasteiger partial charge in [0.05, 0.1) is 12.5 Å². The molecule has 37 heavy (non-hydrogen) atoms. The molecule has 2 fully saturated rings. The number of epoxide rings is 1. The van der Waals surface area contributed by atoms with Crippen molar-refractivity contribution in [3.8, 4) is 16.9 Å². The van der Waals surface area contributed by atoms with Gasteiger partial charge in [-0.1, -0.05) is 48.6 Å². The van der Waals surface area contributed by atoms with Crippen LogP contribution in [-0.2, 0) is 9.53 Å². The van der Waals surface area contributed by atoms with E-state index in [-0.39, 0.29) is 22.6 Å². The Morgan fingerprint density at radius 3 is 2.14 bits per heavy atom. The van der Waals surface area contributed by atoms with Crippen LogP contribution in [-0.4, -0.2) is 12.6 Å². The summed E-state index contributed by atoms with van der Waals surface area (Å²) < 4.78 is 68.8. The predicted molar refractivity (Wildman–Crippen MR) is 132 cm³/mol. The van der Waals surface area contributed by atoms with Crippen molar-refractivity contribution in [3.63, 3.8) is 0 Å². The summed E-state index contributed by atoms with van der Waals surface area (Å²) in [6.45, 7) is 2.23. The Hall–Kier alpha value is -3.45. The minimum Gasteiger partial charge on any atom is -0.423 e. The first-order valence-electron chi connectivity index (χ1n) is 12.4. The Morgan fingerprint density at radius 1 is 0.838 bits per heavy atom. The van der Waals surface area contributed by atoms with E-state index in [1.54, 1.807) is 24.3 Å². The van der Waals surface area contributed by atoms with Gasteiger partial charge in [-0.25, -0.2) is 13.2 Å². The Balaban J connectivity index is 1.23. The second kappa shape index (κ2) is 10.5. The van der Waals surface area contributed by atoms with Gasteiger partial charge in [-0.2, -0.15) is 4.39 Å². The number of hydrogen-bond donors (Lipinski definition) is 0. The highest BCUT2D eigenvalue weighted by Gasteiger charge is 2.33. The molecule has 1 saturated carbocycles. The molecule has 3 aromatic rings. The van der Waals surface area contributed by atoms with Crippen LogP contribution in [0.5, 0.6) is 5.75 Å². The van der Waals surface area contributed by atoms with E-state index >= 15 is 8.78 Å². The van der Waals surface area contributed by atoms with Crippen molar-refractivity contribution in [2.45, 2.75) is 44.6 Å². The predicted octanol–water partition coefficient (Wildman–Crippen LogP) is 7.89. The zero-order valence-corrected chi connectivity index (χ0v) is 20.3. The lowest BCUT2D eigenvalue weighted by atomic mass is 9.78. The van der Waals surface area contributed by atoms with Crippen LogP contribution in [0.15, 0.2) is 54.6 Å². The van der Waals surface area contributed by atoms with Gasteiger partial charge in [-0.15, -0.1) is 0 Å². The Morgan fingerprint density at radius 2 is 1.49 bits per heavy atom. The maximum atomic E-state index is 15.1. The molecule has 2 aliphatic rings. The smallest absolute Gasteiger partial charge is 0.314 e. The van der Waals surface area contributed by atoms with Crippen molar-refractivity contribution in [2.24, 2.45) is 5.92 Å². The fraction of sp³-hybridized carbons (Fsp3) is 0.300. The molecule has 0 aromatic heterocycles. The second-order valence-electron chi connectivity index (χ2n) is 9.52. The largest absolute Gasteiger partial charge is 0.423 e. The van der Waals surface area contributed by atoms with E-state index in [0.717, 1.165) is 5.56 Å². The first kappa shape index (κ1) is 25.2. The summed E-state index contributed by atoms with van der Waals surface area (Å²) in [7, 11) is 0. The first-order valence-corrected chi connectivity index (χ1v) is 12.4. The van der Waals surface area contributed by atoms with E-state index < -0.39 is 47.0 Å². The fourth-order valence-corrected chi connectivity index (χ4v) is 5.00. The Bertz CT molecular complexity index is 1340. The third kappa shape index (κ3) is 5.18. The van der Waals surface area contributed by atoms with E-state index in [1.165, 1.54) is 12.1 Å². The molecule has 192 valence electrons. The zero-order valence-electron chi connectivity index (χ0n) is 20.3. The number of rotatable bonds is 6. The van der Waals surface area contributed by atoms with Crippen LogP contribution in [0.1, 0.15) is 61.3 Å². The number of benzene rings is 3. The summed E-state index contributed by atoms with van der Waals surface area (Å²) in [4.78, 5) is 12.6. The minimum atomic E-state index is -1.22. The maximum absolute atomic E-state index is 15.1. The van der Waals surface area contributed by atoms with Gasteiger partial charge in [-0.3, -0.25) is 4.79 Å². The van der Waals surface area contributed by atoms with Crippen molar-refractivity contribution in [1.29, 1.82) is 0 Å². The van der Waals surface area contributed by atoms with E-state index in [4.69, 9.17) is 9.47 Å². The number of halogens is 4. The quantitative estimate of drug-likeness (QED) is 0.146. The van der Waals surface area contributed by atoms with E-state index in [2.05, 4.69) is 0 Å². The summed E-state index contributed by atoms with van der Waals surface area (Å²) in [6.07, 6.45) is 5.00. The monoisotopic (exact) mass is 510 g/mol. The zero-order chi connectivity index (χ0) is 26.1. The lowest BCUT2D eigenvalue weighted by Crippen LogP contribution is -2.26. The van der Waals surface area contributed by atoms with E-state index in [0.29, 0.717) is 37.9 Å². The van der Waals surface area contributed by atoms with Gasteiger partial charge in [0.25, 0.3) is 0 Å². The summed E-state index contributed by atoms with van der Waals surface area (Å²) in [6, 6.07) is 13.0. The van der Waals surface area contributed by atoms with Crippen molar-refractivity contribution in [1.82, 2.24) is 0 Å². The minimum absolute atomic E-state index is 0.101. The lowest BCUT2D eigenvalue weighted by molar-refractivity contribution is -0.140. The summed E-state index contributed by atoms with van der Waals surface area (Å²) in [5, 5.41) is 0. The normalized spacial score (nSPS) is 21.3. The van der Waals surface area contributed by atoms with Gasteiger partial charge >= 0.3 is 5.97 Å². The van der Waals surface area contributed by atoms with Crippen LogP contribution in [0.3, 0.4) is 0 Å². The summed E-state index contributed by atoms with van der Waals surface area (Å²) in [5.74, 6) is -5.97. The lowest BCUT2D eigenvalue weighted by Gasteiger charge is -2.28. The van der Waals surface area contributed by atoms with Crippen LogP contribution in [0.2, 0.25) is 0 Å². The highest BCUT2D eigenvalue weighted by Crippen LogP contribution is 2.40. The van der Waals surface area contributed by atoms with Crippen molar-refractivity contribution < 1.29 is 31.8 Å². The number of carbonyl (C=O) groups excluding carboxylic acids is 1. The van der Waals surface area contributed by atoms with Crippen molar-refractivity contribution in [2.75, 3.05) is 6.61 Å². The maximum Gasteiger partial charge on any atom is 0.314 e. The van der Waals surface area contributed by atoms with Crippen LogP contribution in [0.25, 0.3) is 17.2 Å². The van der Waals surface area contributed by atoms with Crippen LogP contribution in [0.4, 0.5) is 17.6 Å². The average Bonchev–Trinajstić information content (AvgIpc) is 3.75. The molecule has 1 unspecified atom stereocenters. The molecule has 1 saturated heterocycles. The SMILES string of the molecule is C/C=C/c1ccc(-c2ccc(C3CCC(C(=O)Oc4ccc(C5CO5)c(F)c4F)CC3)c(F)c2F)cc1. The van der Waals surface area contributed by atoms with Gasteiger partial charge in [0.2, 0.25) is 5.82 Å². The van der Waals surface area contributed by atoms with Crippen LogP contribution < -0.4 is 4.74 Å². The van der Waals surface area contributed by atoms with E-state index in [1.807, 2.05) is 31.2 Å². The summed E-state index contributed by atoms with van der Waals surface area (Å²) >= 11 is 0. The number of allylic oxidation sites excluding steroid dienone is 1. The second-order valence-corrected chi connectivity index (χ2v) is 9.52. The van der Waals surface area contributed by atoms with Gasteiger partial charge in [0, 0.05) is 11.1 Å². The molecule has 0 N–H and O–H groups in total.